The van der Waals surface area contributed by atoms with Crippen molar-refractivity contribution >= 4 is 72.6 Å². The number of carbonyl (C=O) groups is 1. The maximum atomic E-state index is 13.6. The maximum Gasteiger partial charge on any atom is 0.335 e. The topological polar surface area (TPSA) is 116 Å². The first-order chi connectivity index (χ1) is 20.8. The molecule has 0 fully saturated rings. The van der Waals surface area contributed by atoms with E-state index in [1.54, 1.807) is 42.6 Å². The number of halogens is 2. The van der Waals surface area contributed by atoms with Gasteiger partial charge < -0.3 is 19.0 Å². The minimum atomic E-state index is -0.986. The van der Waals surface area contributed by atoms with E-state index in [9.17, 15) is 9.59 Å². The van der Waals surface area contributed by atoms with E-state index >= 15 is 0 Å². The molecule has 0 spiro atoms. The summed E-state index contributed by atoms with van der Waals surface area (Å²) in [4.78, 5) is 29.5. The molecule has 2 heterocycles. The van der Waals surface area contributed by atoms with E-state index in [2.05, 4.69) is 43.6 Å². The Bertz CT molecular complexity index is 2100. The maximum absolute atomic E-state index is 13.6. The normalized spacial score (nSPS) is 11.4. The van der Waals surface area contributed by atoms with Gasteiger partial charge in [0.15, 0.2) is 17.3 Å². The number of fused-ring (bicyclic) bond motifs is 2. The van der Waals surface area contributed by atoms with Crippen molar-refractivity contribution in [2.24, 2.45) is 5.10 Å². The van der Waals surface area contributed by atoms with Crippen molar-refractivity contribution < 1.29 is 23.8 Å². The number of nitrogens with zero attached hydrogens (tertiary/aromatic N) is 3. The Labute approximate surface area is 266 Å². The lowest BCUT2D eigenvalue weighted by atomic mass is 10.1. The number of hydrogen-bond donors (Lipinski definition) is 1. The van der Waals surface area contributed by atoms with E-state index in [1.807, 2.05) is 36.4 Å². The van der Waals surface area contributed by atoms with Crippen molar-refractivity contribution in [3.63, 3.8) is 0 Å². The molecule has 11 heteroatoms. The van der Waals surface area contributed by atoms with E-state index in [-0.39, 0.29) is 23.6 Å². The first kappa shape index (κ1) is 28.6. The molecule has 0 aliphatic carbocycles. The number of rotatable bonds is 8. The van der Waals surface area contributed by atoms with Crippen molar-refractivity contribution in [3.05, 3.63) is 120 Å². The number of para-hydroxylation sites is 1. The third-order valence-electron chi connectivity index (χ3n) is 6.61. The molecule has 0 radical (unpaired) electrons. The van der Waals surface area contributed by atoms with Crippen LogP contribution in [0.5, 0.6) is 11.5 Å². The quantitative estimate of drug-likeness (QED) is 0.128. The predicted octanol–water partition coefficient (Wildman–Crippen LogP) is 7.34. The monoisotopic (exact) mass is 749 g/mol. The standard InChI is InChI=1S/C32H21BrIN3O6/c1-41-27-13-19(12-24(34)29(27)42-17-18-6-8-20(9-7-18)32(39)40)16-35-37-30(36-25-5-3-2-4-23(25)31(37)38)28-15-21-14-22(33)10-11-26(21)43-28/h2-16H,17H2,1H3,(H,39,40). The van der Waals surface area contributed by atoms with E-state index < -0.39 is 5.97 Å². The summed E-state index contributed by atoms with van der Waals surface area (Å²) < 4.78 is 20.6. The fourth-order valence-corrected chi connectivity index (χ4v) is 5.65. The zero-order chi connectivity index (χ0) is 30.1. The first-order valence-electron chi connectivity index (χ1n) is 12.9. The molecular formula is C32H21BrIN3O6. The molecule has 0 aliphatic rings. The second-order valence-corrected chi connectivity index (χ2v) is 11.5. The number of carboxylic acid groups (broad SMARTS) is 1. The smallest absolute Gasteiger partial charge is 0.335 e. The van der Waals surface area contributed by atoms with Crippen LogP contribution < -0.4 is 15.0 Å². The third-order valence-corrected chi connectivity index (χ3v) is 7.91. The van der Waals surface area contributed by atoms with Crippen LogP contribution in [0.25, 0.3) is 33.5 Å². The fraction of sp³-hybridized carbons (Fsp3) is 0.0625. The van der Waals surface area contributed by atoms with Crippen molar-refractivity contribution in [1.82, 2.24) is 9.66 Å². The Kier molecular flexibility index (Phi) is 8.00. The number of aromatic nitrogens is 2. The van der Waals surface area contributed by atoms with Gasteiger partial charge >= 0.3 is 5.97 Å². The summed E-state index contributed by atoms with van der Waals surface area (Å²) in [6, 6.07) is 24.7. The molecule has 0 bridgehead atoms. The van der Waals surface area contributed by atoms with Gasteiger partial charge in [0.2, 0.25) is 5.82 Å². The van der Waals surface area contributed by atoms with Gasteiger partial charge in [-0.1, -0.05) is 40.2 Å². The molecule has 2 aromatic heterocycles. The Morgan fingerprint density at radius 2 is 1.88 bits per heavy atom. The average Bonchev–Trinajstić information content (AvgIpc) is 3.43. The second kappa shape index (κ2) is 12.0. The zero-order valence-corrected chi connectivity index (χ0v) is 26.2. The molecule has 4 aromatic carbocycles. The Hall–Kier alpha value is -4.49. The molecule has 0 amide bonds. The van der Waals surface area contributed by atoms with Crippen LogP contribution in [0.1, 0.15) is 21.5 Å². The highest BCUT2D eigenvalue weighted by Crippen LogP contribution is 2.34. The average molecular weight is 750 g/mol. The van der Waals surface area contributed by atoms with Gasteiger partial charge in [0, 0.05) is 9.86 Å². The van der Waals surface area contributed by atoms with Gasteiger partial charge in [-0.25, -0.2) is 9.78 Å². The summed E-state index contributed by atoms with van der Waals surface area (Å²) in [5, 5.41) is 15.0. The largest absolute Gasteiger partial charge is 0.493 e. The minimum absolute atomic E-state index is 0.205. The fourth-order valence-electron chi connectivity index (χ4n) is 4.49. The first-order valence-corrected chi connectivity index (χ1v) is 14.8. The summed E-state index contributed by atoms with van der Waals surface area (Å²) in [7, 11) is 1.54. The summed E-state index contributed by atoms with van der Waals surface area (Å²) in [6.07, 6.45) is 1.56. The van der Waals surface area contributed by atoms with Crippen LogP contribution in [0, 0.1) is 3.57 Å². The number of benzene rings is 4. The highest BCUT2D eigenvalue weighted by Gasteiger charge is 2.17. The van der Waals surface area contributed by atoms with E-state index in [4.69, 9.17) is 24.0 Å². The number of carboxylic acids is 1. The Balaban J connectivity index is 1.36. The Morgan fingerprint density at radius 1 is 1.09 bits per heavy atom. The lowest BCUT2D eigenvalue weighted by molar-refractivity contribution is 0.0697. The van der Waals surface area contributed by atoms with Gasteiger partial charge in [0.1, 0.15) is 12.2 Å². The van der Waals surface area contributed by atoms with Crippen molar-refractivity contribution in [3.8, 4) is 23.1 Å². The summed E-state index contributed by atoms with van der Waals surface area (Å²) in [5.41, 5.74) is 2.53. The Morgan fingerprint density at radius 3 is 2.65 bits per heavy atom. The zero-order valence-electron chi connectivity index (χ0n) is 22.5. The molecular weight excluding hydrogens is 729 g/mol. The van der Waals surface area contributed by atoms with Gasteiger partial charge in [0.25, 0.3) is 5.56 Å². The highest BCUT2D eigenvalue weighted by molar-refractivity contribution is 14.1. The number of ether oxygens (including phenoxy) is 2. The van der Waals surface area contributed by atoms with Crippen LogP contribution in [0.4, 0.5) is 0 Å². The van der Waals surface area contributed by atoms with Gasteiger partial charge in [-0.2, -0.15) is 9.78 Å². The van der Waals surface area contributed by atoms with Gasteiger partial charge in [-0.15, -0.1) is 0 Å². The SMILES string of the molecule is COc1cc(C=Nn2c(-c3cc4cc(Br)ccc4o3)nc3ccccc3c2=O)cc(I)c1OCc1ccc(C(=O)O)cc1. The molecule has 0 saturated carbocycles. The number of furan rings is 1. The van der Waals surface area contributed by atoms with Gasteiger partial charge in [-0.05, 0) is 94.4 Å². The molecule has 0 aliphatic heterocycles. The molecule has 0 saturated heterocycles. The van der Waals surface area contributed by atoms with E-state index in [1.165, 1.54) is 23.9 Å². The molecule has 6 rings (SSSR count). The van der Waals surface area contributed by atoms with Crippen LogP contribution >= 0.6 is 38.5 Å². The lowest BCUT2D eigenvalue weighted by Crippen LogP contribution is -2.20. The minimum Gasteiger partial charge on any atom is -0.493 e. The van der Waals surface area contributed by atoms with E-state index in [0.29, 0.717) is 39.3 Å². The lowest BCUT2D eigenvalue weighted by Gasteiger charge is -2.14. The van der Waals surface area contributed by atoms with Crippen LogP contribution in [-0.4, -0.2) is 34.1 Å². The van der Waals surface area contributed by atoms with Crippen molar-refractivity contribution in [2.75, 3.05) is 7.11 Å². The van der Waals surface area contributed by atoms with Crippen LogP contribution in [0.2, 0.25) is 0 Å². The predicted molar refractivity (Wildman–Crippen MR) is 175 cm³/mol. The number of methoxy groups -OCH3 is 1. The molecule has 6 aromatic rings. The second-order valence-electron chi connectivity index (χ2n) is 9.43. The summed E-state index contributed by atoms with van der Waals surface area (Å²) in [5.74, 6) is 0.688. The molecule has 0 unspecified atom stereocenters. The third kappa shape index (κ3) is 5.90. The van der Waals surface area contributed by atoms with Crippen LogP contribution in [0.3, 0.4) is 0 Å². The number of hydrogen-bond acceptors (Lipinski definition) is 7. The van der Waals surface area contributed by atoms with Gasteiger partial charge in [0.05, 0.1) is 33.4 Å². The molecule has 1 N–H and O–H groups in total. The molecule has 9 nitrogen and oxygen atoms in total. The van der Waals surface area contributed by atoms with Crippen molar-refractivity contribution in [1.29, 1.82) is 0 Å². The van der Waals surface area contributed by atoms with Crippen LogP contribution in [0.15, 0.2) is 104 Å². The van der Waals surface area contributed by atoms with Crippen molar-refractivity contribution in [2.45, 2.75) is 6.61 Å². The van der Waals surface area contributed by atoms with Crippen LogP contribution in [-0.2, 0) is 6.61 Å². The summed E-state index contributed by atoms with van der Waals surface area (Å²) in [6.45, 7) is 0.218. The van der Waals surface area contributed by atoms with Gasteiger partial charge in [-0.3, -0.25) is 4.79 Å². The highest BCUT2D eigenvalue weighted by atomic mass is 127. The number of aromatic carboxylic acids is 1. The summed E-state index contributed by atoms with van der Waals surface area (Å²) >= 11 is 5.63. The van der Waals surface area contributed by atoms with E-state index in [0.717, 1.165) is 19.0 Å². The molecule has 43 heavy (non-hydrogen) atoms. The molecule has 214 valence electrons. The molecule has 0 atom stereocenters.